The number of fused-ring (bicyclic) bond motifs is 10. The van der Waals surface area contributed by atoms with Gasteiger partial charge in [0.05, 0.1) is 40.3 Å². The predicted octanol–water partition coefficient (Wildman–Crippen LogP) is 17.9. The van der Waals surface area contributed by atoms with Crippen molar-refractivity contribution in [3.63, 3.8) is 0 Å². The first-order valence-electron chi connectivity index (χ1n) is 30.7. The number of aromatic nitrogens is 4. The van der Waals surface area contributed by atoms with Gasteiger partial charge in [-0.15, -0.1) is 0 Å². The van der Waals surface area contributed by atoms with Crippen LogP contribution in [0.3, 0.4) is 0 Å². The van der Waals surface area contributed by atoms with E-state index in [1.165, 1.54) is 18.2 Å². The van der Waals surface area contributed by atoms with Crippen LogP contribution in [0.15, 0.2) is 206 Å². The molecule has 0 aliphatic carbocycles. The van der Waals surface area contributed by atoms with Gasteiger partial charge in [-0.3, -0.25) is 13.7 Å². The summed E-state index contributed by atoms with van der Waals surface area (Å²) in [5.41, 5.74) is 10.8. The molecule has 4 heterocycles. The van der Waals surface area contributed by atoms with Gasteiger partial charge in [0, 0.05) is 31.3 Å². The van der Waals surface area contributed by atoms with Gasteiger partial charge in [-0.05, 0) is 163 Å². The first kappa shape index (κ1) is 35.4. The number of pyridine rings is 1. The molecule has 0 amide bonds. The zero-order valence-corrected chi connectivity index (χ0v) is 42.4. The van der Waals surface area contributed by atoms with Crippen molar-refractivity contribution in [3.05, 3.63) is 235 Å². The van der Waals surface area contributed by atoms with E-state index in [2.05, 4.69) is 82.8 Å². The van der Waals surface area contributed by atoms with Crippen molar-refractivity contribution in [2.24, 2.45) is 0 Å². The molecule has 0 unspecified atom stereocenters. The Morgan fingerprint density at radius 2 is 1.19 bits per heavy atom. The topological polar surface area (TPSA) is 35.9 Å². The quantitative estimate of drug-likeness (QED) is 0.123. The highest BCUT2D eigenvalue weighted by Gasteiger charge is 2.31. The van der Waals surface area contributed by atoms with Crippen LogP contribution in [0.2, 0.25) is 0 Å². The van der Waals surface area contributed by atoms with E-state index in [-0.39, 0.29) is 39.8 Å². The molecule has 5 nitrogen and oxygen atoms in total. The fourth-order valence-electron chi connectivity index (χ4n) is 11.0. The molecule has 9 aromatic carbocycles. The smallest absolute Gasteiger partial charge is 0.269 e. The minimum Gasteiger partial charge on any atom is -0.458 e. The van der Waals surface area contributed by atoms with Crippen molar-refractivity contribution in [1.29, 1.82) is 0 Å². The van der Waals surface area contributed by atoms with E-state index in [4.69, 9.17) is 22.1 Å². The van der Waals surface area contributed by atoms with Gasteiger partial charge >= 0.3 is 0 Å². The van der Waals surface area contributed by atoms with E-state index in [1.54, 1.807) is 0 Å². The summed E-state index contributed by atoms with van der Waals surface area (Å²) in [6, 6.07) is 51.9. The van der Waals surface area contributed by atoms with Crippen molar-refractivity contribution < 1.29 is 24.4 Å². The molecule has 0 saturated carbocycles. The van der Waals surface area contributed by atoms with Crippen LogP contribution in [0, 0.1) is 20.0 Å². The van der Waals surface area contributed by atoms with Gasteiger partial charge in [0.1, 0.15) is 17.3 Å². The van der Waals surface area contributed by atoms with Gasteiger partial charge in [-0.2, -0.15) is 0 Å². The Bertz CT molecular complexity index is 4740. The van der Waals surface area contributed by atoms with Crippen LogP contribution < -0.4 is 9.30 Å². The molecule has 12 aromatic rings. The molecule has 3 aromatic heterocycles. The number of nitrogens with zero attached hydrogens (tertiary/aromatic N) is 4. The molecule has 1 aliphatic heterocycles. The largest absolute Gasteiger partial charge is 0.458 e. The Balaban J connectivity index is 1.11. The molecule has 364 valence electrons. The monoisotopic (exact) mass is 982 g/mol. The molecule has 0 fully saturated rings. The summed E-state index contributed by atoms with van der Waals surface area (Å²) in [6.45, 7) is 7.39. The number of aryl methyl sites for hydroxylation is 2. The van der Waals surface area contributed by atoms with Gasteiger partial charge in [0.15, 0.2) is 0 Å². The van der Waals surface area contributed by atoms with E-state index in [9.17, 15) is 2.74 Å². The fraction of sp³-hybridized carbons (Fsp3) is 0.143. The van der Waals surface area contributed by atoms with Crippen molar-refractivity contribution in [2.75, 3.05) is 0 Å². The Morgan fingerprint density at radius 3 is 1.91 bits per heavy atom. The van der Waals surface area contributed by atoms with Crippen molar-refractivity contribution in [2.45, 2.75) is 66.1 Å². The molecular weight excluding hydrogens is 913 g/mol. The molecule has 0 atom stereocenters. The van der Waals surface area contributed by atoms with E-state index >= 15 is 0 Å². The van der Waals surface area contributed by atoms with E-state index in [1.807, 2.05) is 137 Å². The predicted molar refractivity (Wildman–Crippen MR) is 310 cm³/mol. The second-order valence-electron chi connectivity index (χ2n) is 21.4. The molecule has 75 heavy (non-hydrogen) atoms. The maximum Gasteiger partial charge on any atom is 0.269 e. The fourth-order valence-corrected chi connectivity index (χ4v) is 11.0. The molecule has 5 heteroatoms. The third-order valence-electron chi connectivity index (χ3n) is 14.6. The third-order valence-corrected chi connectivity index (χ3v) is 14.6. The standard InChI is InChI=1S/C70H58N4O/c1-44-20-18-21-45(2)66(44)48-37-59-55-28-14-12-26-53(55)54-27-13-15-29-56(54)60-36-47(46-22-10-9-11-23-46)39-64-68(60)73(67(59)61(38-48)70(6,7)8)43-72(64)50-24-19-25-51(41-50)75-52-32-33-58-57-30-16-17-31-62(57)74(63(58)42-52)65-40-49(34-35-71-65)69(3,4)5/h9-42H,1-8H3/i1D3,2D3,9D,10D,11D,22D,23D. The summed E-state index contributed by atoms with van der Waals surface area (Å²) in [7, 11) is 0. The maximum atomic E-state index is 9.32. The number of para-hydroxylation sites is 1. The highest BCUT2D eigenvalue weighted by atomic mass is 16.5. The highest BCUT2D eigenvalue weighted by Crippen LogP contribution is 2.48. The first-order valence-corrected chi connectivity index (χ1v) is 25.2. The highest BCUT2D eigenvalue weighted by molar-refractivity contribution is 6.09. The normalized spacial score (nSPS) is 14.7. The number of ether oxygens (including phenoxy) is 1. The lowest BCUT2D eigenvalue weighted by atomic mass is 9.79. The Hall–Kier alpha value is -8.80. The SMILES string of the molecule is [2H]c1c([2H])c([2H])c(-c2cc3c4c(c2)n(-c2cccc(Oc5ccc6c7ccccc7n(-c7cc(C(C)(C)C)ccn7)c6c5)c2)[c-][n+]4-c2c(cc(-c4c(C([2H])([2H])[2H])cccc4C([2H])([2H])[2H])cc2C(C)(C)C)-c2ccccc2-c2ccccc2-3)c([2H])c1[2H]. The van der Waals surface area contributed by atoms with Gasteiger partial charge in [-0.25, -0.2) is 4.98 Å². The molecule has 0 bridgehead atoms. The van der Waals surface area contributed by atoms with E-state index < -0.39 is 37.2 Å². The van der Waals surface area contributed by atoms with Crippen molar-refractivity contribution in [3.8, 4) is 84.3 Å². The summed E-state index contributed by atoms with van der Waals surface area (Å²) >= 11 is 0. The van der Waals surface area contributed by atoms with Crippen molar-refractivity contribution in [1.82, 2.24) is 14.1 Å². The number of benzene rings is 9. The zero-order valence-electron chi connectivity index (χ0n) is 53.4. The Labute approximate surface area is 455 Å². The summed E-state index contributed by atoms with van der Waals surface area (Å²) in [5.74, 6) is 1.86. The first-order chi connectivity index (χ1) is 40.8. The molecule has 0 N–H and O–H groups in total. The molecule has 0 radical (unpaired) electrons. The Kier molecular flexibility index (Phi) is 8.22. The van der Waals surface area contributed by atoms with Gasteiger partial charge in [0.25, 0.3) is 6.33 Å². The van der Waals surface area contributed by atoms with Crippen molar-refractivity contribution >= 4 is 32.8 Å². The van der Waals surface area contributed by atoms with Crippen LogP contribution in [0.5, 0.6) is 11.5 Å². The molecule has 0 saturated heterocycles. The van der Waals surface area contributed by atoms with E-state index in [0.717, 1.165) is 61.0 Å². The lowest BCUT2D eigenvalue weighted by molar-refractivity contribution is -0.572. The molecule has 1 aliphatic rings. The minimum absolute atomic E-state index is 0.0230. The lowest BCUT2D eigenvalue weighted by Crippen LogP contribution is -2.35. The van der Waals surface area contributed by atoms with Gasteiger partial charge in [0.2, 0.25) is 0 Å². The molecule has 13 rings (SSSR count). The number of imidazole rings is 1. The number of rotatable bonds is 6. The van der Waals surface area contributed by atoms with Gasteiger partial charge < -0.3 is 4.74 Å². The third kappa shape index (κ3) is 7.76. The molecular formula is C70H58N4O. The molecule has 0 spiro atoms. The average molecular weight is 982 g/mol. The lowest BCUT2D eigenvalue weighted by Gasteiger charge is -2.28. The second kappa shape index (κ2) is 17.4. The summed E-state index contributed by atoms with van der Waals surface area (Å²) in [5, 5.41) is 2.11. The zero-order chi connectivity index (χ0) is 60.7. The van der Waals surface area contributed by atoms with Gasteiger partial charge in [-0.1, -0.05) is 175 Å². The van der Waals surface area contributed by atoms with Crippen LogP contribution in [-0.2, 0) is 10.8 Å². The number of hydrogen-bond acceptors (Lipinski definition) is 2. The average Bonchev–Trinajstić information content (AvgIpc) is 1.51. The number of hydrogen-bond donors (Lipinski definition) is 0. The Morgan fingerprint density at radius 1 is 0.533 bits per heavy atom. The van der Waals surface area contributed by atoms with Crippen LogP contribution >= 0.6 is 0 Å². The summed E-state index contributed by atoms with van der Waals surface area (Å²) in [6.07, 6.45) is 5.66. The van der Waals surface area contributed by atoms with Crippen LogP contribution in [0.4, 0.5) is 0 Å². The summed E-state index contributed by atoms with van der Waals surface area (Å²) in [4.78, 5) is 4.89. The van der Waals surface area contributed by atoms with Crippen LogP contribution in [-0.4, -0.2) is 14.1 Å². The maximum absolute atomic E-state index is 9.32. The minimum atomic E-state index is -2.68. The van der Waals surface area contributed by atoms with Crippen LogP contribution in [0.25, 0.3) is 106 Å². The van der Waals surface area contributed by atoms with Crippen LogP contribution in [0.1, 0.15) is 78.9 Å². The second-order valence-corrected chi connectivity index (χ2v) is 21.4. The van der Waals surface area contributed by atoms with E-state index in [0.29, 0.717) is 56.2 Å². The summed E-state index contributed by atoms with van der Waals surface area (Å²) < 4.78 is 110.